The second-order valence-electron chi connectivity index (χ2n) is 9.99. The molecule has 1 aromatic carbocycles. The van der Waals surface area contributed by atoms with Gasteiger partial charge in [0.1, 0.15) is 0 Å². The van der Waals surface area contributed by atoms with Crippen LogP contribution in [0, 0.1) is 17.2 Å². The third kappa shape index (κ3) is 5.72. The van der Waals surface area contributed by atoms with E-state index in [2.05, 4.69) is 4.90 Å². The molecule has 2 heterocycles. The van der Waals surface area contributed by atoms with E-state index in [9.17, 15) is 27.6 Å². The topological polar surface area (TPSA) is 84.7 Å². The number of nitrogens with zero attached hydrogens (tertiary/aromatic N) is 4. The number of halogens is 3. The highest BCUT2D eigenvalue weighted by atomic mass is 19.4. The molecule has 2 aliphatic heterocycles. The van der Waals surface area contributed by atoms with Gasteiger partial charge in [-0.2, -0.15) is 18.4 Å². The Kier molecular flexibility index (Phi) is 8.02. The number of rotatable bonds is 8. The highest BCUT2D eigenvalue weighted by Crippen LogP contribution is 2.37. The molecule has 1 aromatic rings. The third-order valence-corrected chi connectivity index (χ3v) is 7.66. The van der Waals surface area contributed by atoms with Gasteiger partial charge in [-0.1, -0.05) is 12.8 Å². The molecule has 0 aromatic heterocycles. The number of unbranched alkanes of at least 4 members (excludes halogenated alkanes) is 2. The lowest BCUT2D eigenvalue weighted by molar-refractivity contribution is -0.140. The van der Waals surface area contributed by atoms with Crippen molar-refractivity contribution in [2.24, 2.45) is 5.92 Å². The number of imide groups is 1. The average Bonchev–Trinajstić information content (AvgIpc) is 3.05. The predicted octanol–water partition coefficient (Wildman–Crippen LogP) is 4.27. The van der Waals surface area contributed by atoms with Crippen LogP contribution in [0.15, 0.2) is 29.3 Å². The minimum Gasteiger partial charge on any atom is -0.340 e. The van der Waals surface area contributed by atoms with Crippen molar-refractivity contribution in [2.45, 2.75) is 58.0 Å². The largest absolute Gasteiger partial charge is 0.417 e. The van der Waals surface area contributed by atoms with Crippen molar-refractivity contribution in [3.8, 4) is 6.07 Å². The van der Waals surface area contributed by atoms with E-state index in [-0.39, 0.29) is 17.2 Å². The SMILES string of the molecule is CC1=C(CCCCCN2CCN(C(=O)C3CCC3)CC2)C(=O)N(c2ccc(C#N)c(C(F)(F)F)c2)C1=O. The maximum atomic E-state index is 13.4. The zero-order chi connectivity index (χ0) is 26.7. The summed E-state index contributed by atoms with van der Waals surface area (Å²) in [5.74, 6) is -0.705. The van der Waals surface area contributed by atoms with Crippen molar-refractivity contribution in [2.75, 3.05) is 37.6 Å². The molecule has 2 fully saturated rings. The van der Waals surface area contributed by atoms with Crippen LogP contribution in [0.3, 0.4) is 0 Å². The molecule has 3 aliphatic rings. The second-order valence-corrected chi connectivity index (χ2v) is 9.99. The molecule has 37 heavy (non-hydrogen) atoms. The molecule has 3 amide bonds. The molecule has 1 saturated heterocycles. The van der Waals surface area contributed by atoms with Gasteiger partial charge in [-0.15, -0.1) is 0 Å². The number of nitriles is 1. The molecule has 0 unspecified atom stereocenters. The van der Waals surface area contributed by atoms with Crippen LogP contribution in [0.5, 0.6) is 0 Å². The van der Waals surface area contributed by atoms with Gasteiger partial charge in [0.05, 0.1) is 22.9 Å². The molecule has 1 aliphatic carbocycles. The lowest BCUT2D eigenvalue weighted by Crippen LogP contribution is -2.51. The van der Waals surface area contributed by atoms with Gasteiger partial charge in [0, 0.05) is 43.2 Å². The van der Waals surface area contributed by atoms with Gasteiger partial charge in [-0.05, 0) is 63.8 Å². The Labute approximate surface area is 214 Å². The van der Waals surface area contributed by atoms with E-state index in [0.29, 0.717) is 30.4 Å². The summed E-state index contributed by atoms with van der Waals surface area (Å²) >= 11 is 0. The summed E-state index contributed by atoms with van der Waals surface area (Å²) in [4.78, 5) is 43.2. The van der Waals surface area contributed by atoms with Gasteiger partial charge in [0.15, 0.2) is 0 Å². The van der Waals surface area contributed by atoms with Gasteiger partial charge >= 0.3 is 6.18 Å². The maximum absolute atomic E-state index is 13.4. The van der Waals surface area contributed by atoms with Crippen LogP contribution in [-0.2, 0) is 20.6 Å². The summed E-state index contributed by atoms with van der Waals surface area (Å²) in [6, 6.07) is 4.36. The number of carbonyl (C=O) groups excluding carboxylic acids is 3. The van der Waals surface area contributed by atoms with Crippen molar-refractivity contribution in [1.82, 2.24) is 9.80 Å². The number of amides is 3. The first kappa shape index (κ1) is 26.9. The van der Waals surface area contributed by atoms with Gasteiger partial charge < -0.3 is 4.90 Å². The zero-order valence-electron chi connectivity index (χ0n) is 20.9. The number of anilines is 1. The number of carbonyl (C=O) groups is 3. The Bertz CT molecular complexity index is 1140. The molecule has 0 N–H and O–H groups in total. The smallest absolute Gasteiger partial charge is 0.340 e. The van der Waals surface area contributed by atoms with Crippen LogP contribution in [-0.4, -0.2) is 60.2 Å². The molecule has 4 rings (SSSR count). The number of alkyl halides is 3. The maximum Gasteiger partial charge on any atom is 0.417 e. The molecular weight excluding hydrogens is 485 g/mol. The quantitative estimate of drug-likeness (QED) is 0.381. The molecule has 1 saturated carbocycles. The molecule has 7 nitrogen and oxygen atoms in total. The first-order valence-electron chi connectivity index (χ1n) is 12.8. The van der Waals surface area contributed by atoms with Crippen molar-refractivity contribution in [3.63, 3.8) is 0 Å². The van der Waals surface area contributed by atoms with Crippen LogP contribution < -0.4 is 4.90 Å². The van der Waals surface area contributed by atoms with Crippen molar-refractivity contribution >= 4 is 23.4 Å². The Morgan fingerprint density at radius 2 is 1.76 bits per heavy atom. The molecule has 0 bridgehead atoms. The standard InChI is InChI=1S/C27H31F3N4O3/c1-18-22(8-3-2-4-11-32-12-14-33(15-13-32)25(36)19-6-5-7-19)26(37)34(24(18)35)21-10-9-20(17-31)23(16-21)27(28,29)30/h9-10,16,19H,2-8,11-15H2,1H3. The van der Waals surface area contributed by atoms with E-state index in [1.807, 2.05) is 4.90 Å². The van der Waals surface area contributed by atoms with Gasteiger partial charge in [0.2, 0.25) is 5.91 Å². The molecular formula is C27H31F3N4O3. The van der Waals surface area contributed by atoms with E-state index < -0.39 is 29.1 Å². The van der Waals surface area contributed by atoms with Crippen LogP contribution in [0.25, 0.3) is 0 Å². The van der Waals surface area contributed by atoms with Crippen molar-refractivity contribution in [1.29, 1.82) is 5.26 Å². The van der Waals surface area contributed by atoms with Crippen molar-refractivity contribution < 1.29 is 27.6 Å². The molecule has 0 atom stereocenters. The van der Waals surface area contributed by atoms with Gasteiger partial charge in [-0.25, -0.2) is 4.90 Å². The fraction of sp³-hybridized carbons (Fsp3) is 0.556. The predicted molar refractivity (Wildman–Crippen MR) is 130 cm³/mol. The minimum atomic E-state index is -4.78. The minimum absolute atomic E-state index is 0.189. The van der Waals surface area contributed by atoms with Crippen LogP contribution in [0.2, 0.25) is 0 Å². The number of hydrogen-bond donors (Lipinski definition) is 0. The molecule has 0 radical (unpaired) electrons. The van der Waals surface area contributed by atoms with E-state index in [0.717, 1.165) is 75.8 Å². The first-order valence-corrected chi connectivity index (χ1v) is 12.8. The molecule has 10 heteroatoms. The summed E-state index contributed by atoms with van der Waals surface area (Å²) < 4.78 is 40.1. The number of hydrogen-bond acceptors (Lipinski definition) is 5. The normalized spacial score (nSPS) is 19.4. The summed E-state index contributed by atoms with van der Waals surface area (Å²) in [6.07, 6.45) is 1.22. The zero-order valence-corrected chi connectivity index (χ0v) is 20.9. The van der Waals surface area contributed by atoms with Crippen LogP contribution >= 0.6 is 0 Å². The van der Waals surface area contributed by atoms with E-state index in [1.54, 1.807) is 0 Å². The van der Waals surface area contributed by atoms with E-state index in [1.165, 1.54) is 19.1 Å². The Hall–Kier alpha value is -3.19. The second kappa shape index (κ2) is 11.1. The highest BCUT2D eigenvalue weighted by molar-refractivity contribution is 6.32. The Morgan fingerprint density at radius 3 is 2.35 bits per heavy atom. The van der Waals surface area contributed by atoms with Crippen LogP contribution in [0.1, 0.15) is 63.0 Å². The van der Waals surface area contributed by atoms with E-state index >= 15 is 0 Å². The number of benzene rings is 1. The number of piperazine rings is 1. The summed E-state index contributed by atoms with van der Waals surface area (Å²) in [7, 11) is 0. The Balaban J connectivity index is 1.25. The highest BCUT2D eigenvalue weighted by Gasteiger charge is 2.39. The molecule has 198 valence electrons. The molecule has 0 spiro atoms. The fourth-order valence-electron chi connectivity index (χ4n) is 5.14. The fourth-order valence-corrected chi connectivity index (χ4v) is 5.14. The summed E-state index contributed by atoms with van der Waals surface area (Å²) in [6.45, 7) is 5.66. The van der Waals surface area contributed by atoms with Crippen molar-refractivity contribution in [3.05, 3.63) is 40.5 Å². The third-order valence-electron chi connectivity index (χ3n) is 7.66. The average molecular weight is 517 g/mol. The van der Waals surface area contributed by atoms with Crippen LogP contribution in [0.4, 0.5) is 18.9 Å². The van der Waals surface area contributed by atoms with E-state index in [4.69, 9.17) is 5.26 Å². The summed E-state index contributed by atoms with van der Waals surface area (Å²) in [5, 5.41) is 8.99. The lowest BCUT2D eigenvalue weighted by Gasteiger charge is -2.38. The van der Waals surface area contributed by atoms with Gasteiger partial charge in [0.25, 0.3) is 11.8 Å². The first-order chi connectivity index (χ1) is 17.6. The lowest BCUT2D eigenvalue weighted by atomic mass is 9.84. The summed E-state index contributed by atoms with van der Waals surface area (Å²) in [5.41, 5.74) is -1.36. The van der Waals surface area contributed by atoms with Gasteiger partial charge in [-0.3, -0.25) is 19.3 Å². The monoisotopic (exact) mass is 516 g/mol. The Morgan fingerprint density at radius 1 is 1.05 bits per heavy atom.